The Bertz CT molecular complexity index is 172. The van der Waals surface area contributed by atoms with Crippen molar-refractivity contribution in [3.8, 4) is 12.3 Å². The number of hydrogen-bond acceptors (Lipinski definition) is 2. The minimum atomic E-state index is 0.00588. The van der Waals surface area contributed by atoms with E-state index in [4.69, 9.17) is 11.2 Å². The lowest BCUT2D eigenvalue weighted by atomic mass is 10.4. The molecule has 74 valence electrons. The smallest absolute Gasteiger partial charge is 0.222 e. The van der Waals surface area contributed by atoms with E-state index in [1.54, 1.807) is 0 Å². The number of rotatable bonds is 7. The number of carbonyl (C=O) groups excluding carboxylic acids is 1. The Morgan fingerprint density at radius 2 is 2.31 bits per heavy atom. The first-order chi connectivity index (χ1) is 6.31. The highest BCUT2D eigenvalue weighted by Crippen LogP contribution is 1.85. The molecule has 0 saturated carbocycles. The Balaban J connectivity index is 3.16. The van der Waals surface area contributed by atoms with Gasteiger partial charge < -0.3 is 10.1 Å². The second kappa shape index (κ2) is 9.08. The predicted octanol–water partition coefficient (Wildman–Crippen LogP) is 0.943. The first-order valence-electron chi connectivity index (χ1n) is 4.59. The van der Waals surface area contributed by atoms with Crippen molar-refractivity contribution in [3.05, 3.63) is 0 Å². The number of carbonyl (C=O) groups is 1. The maximum absolute atomic E-state index is 11.0. The van der Waals surface area contributed by atoms with Gasteiger partial charge in [0.2, 0.25) is 5.91 Å². The zero-order valence-corrected chi connectivity index (χ0v) is 8.14. The lowest BCUT2D eigenvalue weighted by Gasteiger charge is -2.03. The van der Waals surface area contributed by atoms with Crippen LogP contribution in [0.25, 0.3) is 0 Å². The molecule has 3 nitrogen and oxygen atoms in total. The summed E-state index contributed by atoms with van der Waals surface area (Å²) in [5, 5.41) is 2.70. The fraction of sp³-hybridized carbons (Fsp3) is 0.700. The highest BCUT2D eigenvalue weighted by molar-refractivity contribution is 5.75. The maximum Gasteiger partial charge on any atom is 0.222 e. The zero-order valence-electron chi connectivity index (χ0n) is 8.14. The summed E-state index contributed by atoms with van der Waals surface area (Å²) in [6, 6.07) is 0. The van der Waals surface area contributed by atoms with Gasteiger partial charge in [-0.3, -0.25) is 4.79 Å². The molecule has 0 atom stereocenters. The van der Waals surface area contributed by atoms with Gasteiger partial charge in [-0.05, 0) is 6.42 Å². The third-order valence-corrected chi connectivity index (χ3v) is 1.41. The van der Waals surface area contributed by atoms with Crippen LogP contribution in [0.1, 0.15) is 26.2 Å². The topological polar surface area (TPSA) is 38.3 Å². The Kier molecular flexibility index (Phi) is 8.38. The van der Waals surface area contributed by atoms with Crippen LogP contribution >= 0.6 is 0 Å². The van der Waals surface area contributed by atoms with Gasteiger partial charge in [-0.1, -0.05) is 6.92 Å². The number of nitrogens with one attached hydrogen (secondary N) is 1. The molecular formula is C10H17NO2. The second-order valence-electron chi connectivity index (χ2n) is 2.67. The minimum absolute atomic E-state index is 0.00588. The number of ether oxygens (including phenoxy) is 1. The molecule has 0 saturated heterocycles. The molecule has 1 N–H and O–H groups in total. The molecule has 0 rings (SSSR count). The van der Waals surface area contributed by atoms with E-state index in [0.29, 0.717) is 26.0 Å². The van der Waals surface area contributed by atoms with Crippen LogP contribution in [0, 0.1) is 12.3 Å². The van der Waals surface area contributed by atoms with Gasteiger partial charge >= 0.3 is 0 Å². The number of hydrogen-bond donors (Lipinski definition) is 1. The van der Waals surface area contributed by atoms with E-state index in [9.17, 15) is 4.79 Å². The highest BCUT2D eigenvalue weighted by Gasteiger charge is 1.98. The van der Waals surface area contributed by atoms with E-state index in [1.807, 2.05) is 6.92 Å². The van der Waals surface area contributed by atoms with Crippen LogP contribution < -0.4 is 5.32 Å². The van der Waals surface area contributed by atoms with Crippen molar-refractivity contribution in [1.82, 2.24) is 5.32 Å². The quantitative estimate of drug-likeness (QED) is 0.471. The summed E-state index contributed by atoms with van der Waals surface area (Å²) in [7, 11) is 0. The van der Waals surface area contributed by atoms with Crippen LogP contribution in [-0.4, -0.2) is 25.7 Å². The van der Waals surface area contributed by atoms with Gasteiger partial charge in [-0.2, -0.15) is 0 Å². The zero-order chi connectivity index (χ0) is 9.94. The molecule has 0 spiro atoms. The van der Waals surface area contributed by atoms with Gasteiger partial charge in [0, 0.05) is 26.0 Å². The SMILES string of the molecule is C#CCCNC(=O)CCOCCC. The fourth-order valence-electron chi connectivity index (χ4n) is 0.774. The summed E-state index contributed by atoms with van der Waals surface area (Å²) >= 11 is 0. The first kappa shape index (κ1) is 12.0. The lowest BCUT2D eigenvalue weighted by molar-refractivity contribution is -0.122. The van der Waals surface area contributed by atoms with Gasteiger partial charge in [-0.15, -0.1) is 12.3 Å². The van der Waals surface area contributed by atoms with E-state index >= 15 is 0 Å². The van der Waals surface area contributed by atoms with Crippen molar-refractivity contribution >= 4 is 5.91 Å². The van der Waals surface area contributed by atoms with Crippen LogP contribution in [0.5, 0.6) is 0 Å². The molecule has 3 heteroatoms. The van der Waals surface area contributed by atoms with Crippen LogP contribution in [0.15, 0.2) is 0 Å². The molecule has 0 aliphatic carbocycles. The van der Waals surface area contributed by atoms with Gasteiger partial charge in [0.05, 0.1) is 6.61 Å². The molecule has 0 bridgehead atoms. The molecule has 0 aliphatic heterocycles. The molecule has 0 aromatic heterocycles. The van der Waals surface area contributed by atoms with Crippen molar-refractivity contribution in [2.45, 2.75) is 26.2 Å². The van der Waals surface area contributed by atoms with E-state index in [2.05, 4.69) is 11.2 Å². The number of terminal acetylenes is 1. The van der Waals surface area contributed by atoms with Crippen LogP contribution in [0.4, 0.5) is 0 Å². The van der Waals surface area contributed by atoms with Crippen LogP contribution in [0.3, 0.4) is 0 Å². The molecule has 0 radical (unpaired) electrons. The predicted molar refractivity (Wildman–Crippen MR) is 52.2 cm³/mol. The standard InChI is InChI=1S/C10H17NO2/c1-3-5-7-11-10(12)6-9-13-8-4-2/h1H,4-9H2,2H3,(H,11,12). The summed E-state index contributed by atoms with van der Waals surface area (Å²) in [6.45, 7) is 3.81. The van der Waals surface area contributed by atoms with Crippen molar-refractivity contribution in [1.29, 1.82) is 0 Å². The Hall–Kier alpha value is -1.01. The van der Waals surface area contributed by atoms with Gasteiger partial charge in [0.15, 0.2) is 0 Å². The lowest BCUT2D eigenvalue weighted by Crippen LogP contribution is -2.25. The molecule has 1 amide bonds. The summed E-state index contributed by atoms with van der Waals surface area (Å²) in [6.07, 6.45) is 7.02. The molecule has 0 aromatic carbocycles. The fourth-order valence-corrected chi connectivity index (χ4v) is 0.774. The largest absolute Gasteiger partial charge is 0.381 e. The third kappa shape index (κ3) is 8.90. The second-order valence-corrected chi connectivity index (χ2v) is 2.67. The maximum atomic E-state index is 11.0. The minimum Gasteiger partial charge on any atom is -0.381 e. The molecule has 0 aliphatic rings. The normalized spacial score (nSPS) is 9.23. The van der Waals surface area contributed by atoms with Crippen molar-refractivity contribution in [2.24, 2.45) is 0 Å². The summed E-state index contributed by atoms with van der Waals surface area (Å²) in [5.41, 5.74) is 0. The van der Waals surface area contributed by atoms with E-state index in [0.717, 1.165) is 13.0 Å². The first-order valence-corrected chi connectivity index (χ1v) is 4.59. The van der Waals surface area contributed by atoms with E-state index in [-0.39, 0.29) is 5.91 Å². The van der Waals surface area contributed by atoms with Gasteiger partial charge in [0.1, 0.15) is 0 Å². The van der Waals surface area contributed by atoms with Crippen LogP contribution in [-0.2, 0) is 9.53 Å². The van der Waals surface area contributed by atoms with Crippen LogP contribution in [0.2, 0.25) is 0 Å². The van der Waals surface area contributed by atoms with Crippen molar-refractivity contribution in [3.63, 3.8) is 0 Å². The molecular weight excluding hydrogens is 166 g/mol. The van der Waals surface area contributed by atoms with Gasteiger partial charge in [-0.25, -0.2) is 0 Å². The Morgan fingerprint density at radius 3 is 2.92 bits per heavy atom. The highest BCUT2D eigenvalue weighted by atomic mass is 16.5. The summed E-state index contributed by atoms with van der Waals surface area (Å²) in [4.78, 5) is 11.0. The number of amides is 1. The van der Waals surface area contributed by atoms with Crippen molar-refractivity contribution in [2.75, 3.05) is 19.8 Å². The Labute approximate surface area is 79.8 Å². The average Bonchev–Trinajstić information content (AvgIpc) is 2.13. The summed E-state index contributed by atoms with van der Waals surface area (Å²) < 4.78 is 5.16. The Morgan fingerprint density at radius 1 is 1.54 bits per heavy atom. The average molecular weight is 183 g/mol. The molecule has 13 heavy (non-hydrogen) atoms. The molecule has 0 aromatic rings. The van der Waals surface area contributed by atoms with Crippen molar-refractivity contribution < 1.29 is 9.53 Å². The van der Waals surface area contributed by atoms with E-state index < -0.39 is 0 Å². The molecule has 0 fully saturated rings. The third-order valence-electron chi connectivity index (χ3n) is 1.41. The molecule has 0 unspecified atom stereocenters. The van der Waals surface area contributed by atoms with Gasteiger partial charge in [0.25, 0.3) is 0 Å². The van der Waals surface area contributed by atoms with E-state index in [1.165, 1.54) is 0 Å². The molecule has 0 heterocycles. The summed E-state index contributed by atoms with van der Waals surface area (Å²) in [5.74, 6) is 2.46. The monoisotopic (exact) mass is 183 g/mol.